The highest BCUT2D eigenvalue weighted by Crippen LogP contribution is 2.26. The quantitative estimate of drug-likeness (QED) is 0.805. The fourth-order valence-electron chi connectivity index (χ4n) is 3.48. The number of pyridine rings is 2. The maximum atomic E-state index is 4.91. The lowest BCUT2D eigenvalue weighted by Crippen LogP contribution is -2.28. The standard InChI is InChI=1S/C19H23N5/c1-15-5-2-7-18-22-19(16-6-3-8-21-13-16)17(24(15)18)14-23-11-4-9-20-10-12-23/h2-3,5-8,13,20H,4,9-12,14H2,1H3. The smallest absolute Gasteiger partial charge is 0.137 e. The van der Waals surface area contributed by atoms with Crippen molar-refractivity contribution in [1.82, 2.24) is 24.6 Å². The number of aryl methyl sites for hydroxylation is 1. The summed E-state index contributed by atoms with van der Waals surface area (Å²) in [7, 11) is 0. The van der Waals surface area contributed by atoms with Gasteiger partial charge in [-0.15, -0.1) is 0 Å². The van der Waals surface area contributed by atoms with Gasteiger partial charge in [-0.1, -0.05) is 6.07 Å². The Labute approximate surface area is 142 Å². The molecule has 24 heavy (non-hydrogen) atoms. The van der Waals surface area contributed by atoms with Crippen LogP contribution in [0.25, 0.3) is 16.9 Å². The van der Waals surface area contributed by atoms with E-state index in [0.29, 0.717) is 0 Å². The summed E-state index contributed by atoms with van der Waals surface area (Å²) >= 11 is 0. The number of hydrogen-bond acceptors (Lipinski definition) is 4. The molecule has 1 saturated heterocycles. The Kier molecular flexibility index (Phi) is 4.28. The van der Waals surface area contributed by atoms with Crippen molar-refractivity contribution >= 4 is 5.65 Å². The largest absolute Gasteiger partial charge is 0.315 e. The van der Waals surface area contributed by atoms with Crippen LogP contribution in [0.15, 0.2) is 42.7 Å². The average Bonchev–Trinajstić information content (AvgIpc) is 2.78. The van der Waals surface area contributed by atoms with E-state index in [2.05, 4.69) is 50.8 Å². The summed E-state index contributed by atoms with van der Waals surface area (Å²) in [5, 5.41) is 3.48. The fourth-order valence-corrected chi connectivity index (χ4v) is 3.48. The molecule has 0 amide bonds. The third-order valence-electron chi connectivity index (χ3n) is 4.68. The lowest BCUT2D eigenvalue weighted by molar-refractivity contribution is 0.280. The van der Waals surface area contributed by atoms with Crippen molar-refractivity contribution in [3.63, 3.8) is 0 Å². The number of rotatable bonds is 3. The minimum absolute atomic E-state index is 0.915. The Hall–Kier alpha value is -2.24. The van der Waals surface area contributed by atoms with Crippen LogP contribution in [0.3, 0.4) is 0 Å². The molecule has 3 aromatic heterocycles. The number of aromatic nitrogens is 3. The van der Waals surface area contributed by atoms with Crippen molar-refractivity contribution in [2.24, 2.45) is 0 Å². The maximum absolute atomic E-state index is 4.91. The van der Waals surface area contributed by atoms with Crippen LogP contribution < -0.4 is 5.32 Å². The van der Waals surface area contributed by atoms with Gasteiger partial charge in [-0.05, 0) is 50.7 Å². The SMILES string of the molecule is Cc1cccc2nc(-c3cccnc3)c(CN3CCCNCC3)n12. The Morgan fingerprint density at radius 2 is 2.08 bits per heavy atom. The van der Waals surface area contributed by atoms with Gasteiger partial charge in [-0.25, -0.2) is 4.98 Å². The third-order valence-corrected chi connectivity index (χ3v) is 4.68. The van der Waals surface area contributed by atoms with Crippen LogP contribution in [0.5, 0.6) is 0 Å². The van der Waals surface area contributed by atoms with Crippen LogP contribution in [0.2, 0.25) is 0 Å². The second kappa shape index (κ2) is 6.71. The van der Waals surface area contributed by atoms with Gasteiger partial charge in [0.05, 0.1) is 11.4 Å². The highest BCUT2D eigenvalue weighted by Gasteiger charge is 2.19. The second-order valence-electron chi connectivity index (χ2n) is 6.39. The lowest BCUT2D eigenvalue weighted by Gasteiger charge is -2.20. The van der Waals surface area contributed by atoms with E-state index in [4.69, 9.17) is 4.98 Å². The first kappa shape index (κ1) is 15.3. The van der Waals surface area contributed by atoms with Crippen molar-refractivity contribution in [3.8, 4) is 11.3 Å². The highest BCUT2D eigenvalue weighted by molar-refractivity contribution is 5.66. The summed E-state index contributed by atoms with van der Waals surface area (Å²) in [6.45, 7) is 7.42. The molecule has 3 aromatic rings. The molecule has 5 nitrogen and oxygen atoms in total. The predicted molar refractivity (Wildman–Crippen MR) is 95.9 cm³/mol. The summed E-state index contributed by atoms with van der Waals surface area (Å²) in [5.41, 5.74) is 5.63. The molecule has 1 aliphatic heterocycles. The average molecular weight is 321 g/mol. The monoisotopic (exact) mass is 321 g/mol. The van der Waals surface area contributed by atoms with Crippen molar-refractivity contribution in [2.45, 2.75) is 19.9 Å². The summed E-state index contributed by atoms with van der Waals surface area (Å²) < 4.78 is 2.29. The zero-order valence-electron chi connectivity index (χ0n) is 14.1. The molecule has 1 N–H and O–H groups in total. The van der Waals surface area contributed by atoms with Crippen molar-refractivity contribution in [3.05, 3.63) is 54.1 Å². The molecule has 4 rings (SSSR count). The molecule has 4 heterocycles. The first-order chi connectivity index (χ1) is 11.8. The Morgan fingerprint density at radius 1 is 1.12 bits per heavy atom. The van der Waals surface area contributed by atoms with Crippen LogP contribution in [0, 0.1) is 6.92 Å². The van der Waals surface area contributed by atoms with E-state index in [1.165, 1.54) is 17.8 Å². The van der Waals surface area contributed by atoms with E-state index in [0.717, 1.165) is 49.6 Å². The molecule has 124 valence electrons. The molecule has 0 spiro atoms. The Bertz CT molecular complexity index is 816. The number of nitrogens with one attached hydrogen (secondary N) is 1. The molecule has 0 bridgehead atoms. The van der Waals surface area contributed by atoms with Gasteiger partial charge < -0.3 is 5.32 Å². The van der Waals surface area contributed by atoms with E-state index in [-0.39, 0.29) is 0 Å². The van der Waals surface area contributed by atoms with Crippen LogP contribution in [-0.4, -0.2) is 45.4 Å². The Balaban J connectivity index is 1.81. The van der Waals surface area contributed by atoms with Crippen molar-refractivity contribution in [2.75, 3.05) is 26.2 Å². The molecule has 1 fully saturated rings. The predicted octanol–water partition coefficient (Wildman–Crippen LogP) is 2.50. The number of hydrogen-bond donors (Lipinski definition) is 1. The summed E-state index contributed by atoms with van der Waals surface area (Å²) in [5.74, 6) is 0. The minimum atomic E-state index is 0.915. The van der Waals surface area contributed by atoms with Crippen LogP contribution in [-0.2, 0) is 6.54 Å². The van der Waals surface area contributed by atoms with E-state index in [1.54, 1.807) is 0 Å². The zero-order valence-corrected chi connectivity index (χ0v) is 14.1. The summed E-state index contributed by atoms with van der Waals surface area (Å²) in [4.78, 5) is 11.7. The van der Waals surface area contributed by atoms with Gasteiger partial charge in [0.15, 0.2) is 0 Å². The molecule has 0 aromatic carbocycles. The molecule has 0 atom stereocenters. The first-order valence-corrected chi connectivity index (χ1v) is 8.63. The van der Waals surface area contributed by atoms with Crippen LogP contribution in [0.4, 0.5) is 0 Å². The molecule has 1 aliphatic rings. The van der Waals surface area contributed by atoms with Crippen molar-refractivity contribution < 1.29 is 0 Å². The molecular weight excluding hydrogens is 298 g/mol. The normalized spacial score (nSPS) is 16.4. The third kappa shape index (κ3) is 2.92. The van der Waals surface area contributed by atoms with E-state index in [9.17, 15) is 0 Å². The van der Waals surface area contributed by atoms with Gasteiger partial charge in [-0.2, -0.15) is 0 Å². The molecule has 0 saturated carbocycles. The topological polar surface area (TPSA) is 45.5 Å². The number of imidazole rings is 1. The number of nitrogens with zero attached hydrogens (tertiary/aromatic N) is 4. The molecule has 5 heteroatoms. The van der Waals surface area contributed by atoms with Gasteiger partial charge in [0.1, 0.15) is 5.65 Å². The lowest BCUT2D eigenvalue weighted by atomic mass is 10.1. The first-order valence-electron chi connectivity index (χ1n) is 8.63. The van der Waals surface area contributed by atoms with Gasteiger partial charge in [0.25, 0.3) is 0 Å². The molecule has 0 radical (unpaired) electrons. The van der Waals surface area contributed by atoms with E-state index in [1.807, 2.05) is 18.5 Å². The zero-order chi connectivity index (χ0) is 16.4. The second-order valence-corrected chi connectivity index (χ2v) is 6.39. The number of fused-ring (bicyclic) bond motifs is 1. The minimum Gasteiger partial charge on any atom is -0.315 e. The fraction of sp³-hybridized carbons (Fsp3) is 0.368. The summed E-state index contributed by atoms with van der Waals surface area (Å²) in [6.07, 6.45) is 4.91. The molecular formula is C19H23N5. The van der Waals surface area contributed by atoms with Gasteiger partial charge in [0, 0.05) is 43.3 Å². The molecule has 0 unspecified atom stereocenters. The van der Waals surface area contributed by atoms with Gasteiger partial charge >= 0.3 is 0 Å². The maximum Gasteiger partial charge on any atom is 0.137 e. The highest BCUT2D eigenvalue weighted by atomic mass is 15.2. The molecule has 0 aliphatic carbocycles. The van der Waals surface area contributed by atoms with E-state index >= 15 is 0 Å². The van der Waals surface area contributed by atoms with Gasteiger partial charge in [0.2, 0.25) is 0 Å². The van der Waals surface area contributed by atoms with Crippen molar-refractivity contribution in [1.29, 1.82) is 0 Å². The van der Waals surface area contributed by atoms with Gasteiger partial charge in [-0.3, -0.25) is 14.3 Å². The Morgan fingerprint density at radius 3 is 2.96 bits per heavy atom. The summed E-state index contributed by atoms with van der Waals surface area (Å²) in [6, 6.07) is 10.4. The van der Waals surface area contributed by atoms with E-state index < -0.39 is 0 Å². The van der Waals surface area contributed by atoms with Crippen LogP contribution >= 0.6 is 0 Å². The van der Waals surface area contributed by atoms with Crippen LogP contribution in [0.1, 0.15) is 17.8 Å².